The number of nitrogens with two attached hydrogens (primary N) is 1. The summed E-state index contributed by atoms with van der Waals surface area (Å²) in [5.41, 5.74) is 6.37. The van der Waals surface area contributed by atoms with E-state index in [2.05, 4.69) is 0 Å². The van der Waals surface area contributed by atoms with Crippen LogP contribution in [0.2, 0.25) is 0 Å². The molecule has 11 nitrogen and oxygen atoms in total. The zero-order valence-electron chi connectivity index (χ0n) is 22.4. The number of hydrogen-bond donors (Lipinski definition) is 2. The van der Waals surface area contributed by atoms with Crippen molar-refractivity contribution in [1.82, 2.24) is 0 Å². The van der Waals surface area contributed by atoms with Gasteiger partial charge >= 0.3 is 24.2 Å². The van der Waals surface area contributed by atoms with Crippen LogP contribution in [-0.2, 0) is 23.8 Å². The number of aliphatic carboxylic acids is 1. The van der Waals surface area contributed by atoms with Crippen molar-refractivity contribution in [3.05, 3.63) is 23.8 Å². The zero-order valence-corrected chi connectivity index (χ0v) is 22.4. The number of carboxylic acid groups (broad SMARTS) is 1. The third-order valence-corrected chi connectivity index (χ3v) is 5.73. The van der Waals surface area contributed by atoms with E-state index in [1.54, 1.807) is 20.8 Å². The van der Waals surface area contributed by atoms with Crippen molar-refractivity contribution in [1.29, 1.82) is 0 Å². The smallest absolute Gasteiger partial charge is 0.480 e. The van der Waals surface area contributed by atoms with E-state index in [0.717, 1.165) is 0 Å². The second kappa shape index (κ2) is 15.7. The predicted molar refractivity (Wildman–Crippen MR) is 134 cm³/mol. The molecule has 1 aromatic rings. The van der Waals surface area contributed by atoms with Crippen molar-refractivity contribution in [2.45, 2.75) is 91.4 Å². The number of carbonyl (C=O) groups excluding carboxylic acids is 3. The molecule has 1 rings (SSSR count). The molecule has 0 heterocycles. The molecule has 0 saturated heterocycles. The highest BCUT2D eigenvalue weighted by Gasteiger charge is 2.33. The van der Waals surface area contributed by atoms with E-state index in [0.29, 0.717) is 24.8 Å². The Morgan fingerprint density at radius 3 is 1.92 bits per heavy atom. The number of benzene rings is 1. The molecular formula is C26H39NO10. The molecular weight excluding hydrogens is 486 g/mol. The maximum atomic E-state index is 12.3. The summed E-state index contributed by atoms with van der Waals surface area (Å²) in [6.07, 6.45) is -0.916. The van der Waals surface area contributed by atoms with Crippen LogP contribution in [0.5, 0.6) is 11.5 Å². The fourth-order valence-corrected chi connectivity index (χ4v) is 3.27. The molecule has 0 radical (unpaired) electrons. The van der Waals surface area contributed by atoms with E-state index in [9.17, 15) is 24.3 Å². The van der Waals surface area contributed by atoms with E-state index in [4.69, 9.17) is 29.4 Å². The largest absolute Gasteiger partial charge is 0.514 e. The van der Waals surface area contributed by atoms with Gasteiger partial charge in [-0.25, -0.2) is 9.59 Å². The molecule has 0 saturated carbocycles. The first kappa shape index (κ1) is 31.7. The second-order valence-corrected chi connectivity index (χ2v) is 8.88. The van der Waals surface area contributed by atoms with Gasteiger partial charge < -0.3 is 34.5 Å². The lowest BCUT2D eigenvalue weighted by Gasteiger charge is -2.28. The lowest BCUT2D eigenvalue weighted by atomic mass is 9.82. The Bertz CT molecular complexity index is 919. The van der Waals surface area contributed by atoms with Gasteiger partial charge in [-0.05, 0) is 56.7 Å². The van der Waals surface area contributed by atoms with E-state index in [1.165, 1.54) is 18.2 Å². The normalized spacial score (nSPS) is 14.9. The van der Waals surface area contributed by atoms with Crippen molar-refractivity contribution in [2.75, 3.05) is 6.61 Å². The second-order valence-electron chi connectivity index (χ2n) is 8.88. The lowest BCUT2D eigenvalue weighted by molar-refractivity contribution is -0.145. The van der Waals surface area contributed by atoms with Gasteiger partial charge in [-0.3, -0.25) is 9.59 Å². The van der Waals surface area contributed by atoms with Crippen molar-refractivity contribution < 1.29 is 48.0 Å². The SMILES string of the molecule is CCCC(=O)OCC(C)C(c1ccc(OC(=O)OC(C)CC)c(OC(=O)OC(C)CC)c1)[C@H](N)C(=O)O. The summed E-state index contributed by atoms with van der Waals surface area (Å²) in [6.45, 7) is 10.5. The van der Waals surface area contributed by atoms with Crippen LogP contribution in [0, 0.1) is 5.92 Å². The molecule has 37 heavy (non-hydrogen) atoms. The van der Waals surface area contributed by atoms with E-state index < -0.39 is 54.3 Å². The monoisotopic (exact) mass is 525 g/mol. The Morgan fingerprint density at radius 2 is 1.43 bits per heavy atom. The van der Waals surface area contributed by atoms with Crippen molar-refractivity contribution in [3.63, 3.8) is 0 Å². The molecule has 0 spiro atoms. The Morgan fingerprint density at radius 1 is 0.892 bits per heavy atom. The molecule has 11 heteroatoms. The number of ether oxygens (including phenoxy) is 5. The van der Waals surface area contributed by atoms with Crippen molar-refractivity contribution in [3.8, 4) is 11.5 Å². The van der Waals surface area contributed by atoms with Gasteiger partial charge in [0, 0.05) is 12.3 Å². The number of carboxylic acids is 1. The average molecular weight is 526 g/mol. The van der Waals surface area contributed by atoms with Gasteiger partial charge in [0.15, 0.2) is 11.5 Å². The summed E-state index contributed by atoms with van der Waals surface area (Å²) in [5.74, 6) is -3.37. The number of esters is 1. The minimum atomic E-state index is -1.37. The highest BCUT2D eigenvalue weighted by molar-refractivity contribution is 5.75. The lowest BCUT2D eigenvalue weighted by Crippen LogP contribution is -2.40. The highest BCUT2D eigenvalue weighted by Crippen LogP contribution is 2.36. The first-order valence-corrected chi connectivity index (χ1v) is 12.5. The third-order valence-electron chi connectivity index (χ3n) is 5.73. The molecule has 0 aliphatic carbocycles. The zero-order chi connectivity index (χ0) is 28.1. The van der Waals surface area contributed by atoms with Crippen LogP contribution in [0.4, 0.5) is 9.59 Å². The minimum absolute atomic E-state index is 0.0732. The molecule has 3 N–H and O–H groups in total. The molecule has 0 aromatic heterocycles. The van der Waals surface area contributed by atoms with Crippen molar-refractivity contribution in [2.24, 2.45) is 11.7 Å². The first-order valence-electron chi connectivity index (χ1n) is 12.5. The maximum Gasteiger partial charge on any atom is 0.514 e. The van der Waals surface area contributed by atoms with Crippen LogP contribution in [0.15, 0.2) is 18.2 Å². The van der Waals surface area contributed by atoms with Crippen LogP contribution in [-0.4, -0.2) is 54.2 Å². The minimum Gasteiger partial charge on any atom is -0.480 e. The van der Waals surface area contributed by atoms with Gasteiger partial charge in [0.25, 0.3) is 0 Å². The van der Waals surface area contributed by atoms with Gasteiger partial charge in [0.1, 0.15) is 18.2 Å². The summed E-state index contributed by atoms with van der Waals surface area (Å²) in [5, 5.41) is 9.62. The van der Waals surface area contributed by atoms with Gasteiger partial charge in [-0.2, -0.15) is 0 Å². The number of rotatable bonds is 14. The van der Waals surface area contributed by atoms with Gasteiger partial charge in [0.2, 0.25) is 0 Å². The van der Waals surface area contributed by atoms with Crippen LogP contribution in [0.25, 0.3) is 0 Å². The summed E-state index contributed by atoms with van der Waals surface area (Å²) >= 11 is 0. The Labute approximate surface area is 217 Å². The van der Waals surface area contributed by atoms with Crippen LogP contribution in [0.1, 0.15) is 78.7 Å². The highest BCUT2D eigenvalue weighted by atomic mass is 16.7. The van der Waals surface area contributed by atoms with Crippen LogP contribution in [0.3, 0.4) is 0 Å². The predicted octanol–water partition coefficient (Wildman–Crippen LogP) is 4.79. The fraction of sp³-hybridized carbons (Fsp3) is 0.615. The quantitative estimate of drug-likeness (QED) is 0.195. The average Bonchev–Trinajstić information content (AvgIpc) is 2.84. The topological polar surface area (TPSA) is 161 Å². The van der Waals surface area contributed by atoms with Crippen LogP contribution >= 0.6 is 0 Å². The Balaban J connectivity index is 3.36. The summed E-state index contributed by atoms with van der Waals surface area (Å²) in [4.78, 5) is 48.2. The standard InChI is InChI=1S/C26H39NO10/c1-7-10-21(28)33-14-15(4)22(23(27)24(29)30)18-11-12-19(36-25(31)34-16(5)8-2)20(13-18)37-26(32)35-17(6)9-3/h11-13,15-17,22-23H,7-10,14,27H2,1-6H3,(H,29,30)/t15?,16?,17?,22?,23-/m0/s1. The first-order chi connectivity index (χ1) is 17.4. The molecule has 5 atom stereocenters. The van der Waals surface area contributed by atoms with Crippen LogP contribution < -0.4 is 15.2 Å². The molecule has 208 valence electrons. The van der Waals surface area contributed by atoms with Gasteiger partial charge in [-0.1, -0.05) is 33.8 Å². The third kappa shape index (κ3) is 10.7. The Hall–Kier alpha value is -3.34. The molecule has 0 bridgehead atoms. The number of carbonyl (C=O) groups is 4. The van der Waals surface area contributed by atoms with E-state index >= 15 is 0 Å². The summed E-state index contributed by atoms with van der Waals surface area (Å²) in [6, 6.07) is 2.82. The molecule has 0 aliphatic heterocycles. The molecule has 4 unspecified atom stereocenters. The molecule has 0 aliphatic rings. The molecule has 0 fully saturated rings. The Kier molecular flexibility index (Phi) is 13.4. The summed E-state index contributed by atoms with van der Waals surface area (Å²) in [7, 11) is 0. The number of hydrogen-bond acceptors (Lipinski definition) is 10. The molecule has 1 aromatic carbocycles. The maximum absolute atomic E-state index is 12.3. The fourth-order valence-electron chi connectivity index (χ4n) is 3.27. The van der Waals surface area contributed by atoms with Crippen molar-refractivity contribution >= 4 is 24.2 Å². The molecule has 0 amide bonds. The summed E-state index contributed by atoms with van der Waals surface area (Å²) < 4.78 is 26.1. The van der Waals surface area contributed by atoms with E-state index in [-0.39, 0.29) is 24.5 Å². The van der Waals surface area contributed by atoms with Gasteiger partial charge in [0.05, 0.1) is 6.61 Å². The van der Waals surface area contributed by atoms with E-state index in [1.807, 2.05) is 20.8 Å². The van der Waals surface area contributed by atoms with Gasteiger partial charge in [-0.15, -0.1) is 0 Å².